The lowest BCUT2D eigenvalue weighted by Gasteiger charge is -2.08. The molecule has 0 aliphatic rings. The number of aromatic nitrogens is 3. The quantitative estimate of drug-likeness (QED) is 0.789. The first-order valence-corrected chi connectivity index (χ1v) is 7.13. The van der Waals surface area contributed by atoms with E-state index in [1.807, 2.05) is 24.3 Å². The maximum absolute atomic E-state index is 6.05. The molecule has 3 aromatic rings. The van der Waals surface area contributed by atoms with Crippen molar-refractivity contribution in [3.8, 4) is 11.3 Å². The van der Waals surface area contributed by atoms with Crippen LogP contribution in [0.25, 0.3) is 22.4 Å². The number of hydrogen-bond acceptors (Lipinski definition) is 5. The van der Waals surface area contributed by atoms with Gasteiger partial charge < -0.3 is 9.84 Å². The molecule has 5 nitrogen and oxygen atoms in total. The molecule has 1 N–H and O–H groups in total. The number of nitrogens with zero attached hydrogens (tertiary/aromatic N) is 3. The number of hydrogen-bond donors (Lipinski definition) is 1. The van der Waals surface area contributed by atoms with Gasteiger partial charge in [-0.2, -0.15) is 4.98 Å². The molecule has 6 heteroatoms. The van der Waals surface area contributed by atoms with Gasteiger partial charge in [0.05, 0.1) is 0 Å². The number of benzene rings is 1. The van der Waals surface area contributed by atoms with Gasteiger partial charge in [0.2, 0.25) is 0 Å². The Balaban J connectivity index is 2.11. The predicted molar refractivity (Wildman–Crippen MR) is 83.4 cm³/mol. The van der Waals surface area contributed by atoms with Crippen LogP contribution in [-0.2, 0) is 0 Å². The van der Waals surface area contributed by atoms with Gasteiger partial charge in [0.15, 0.2) is 0 Å². The van der Waals surface area contributed by atoms with Crippen molar-refractivity contribution < 1.29 is 4.52 Å². The third-order valence-corrected chi connectivity index (χ3v) is 3.28. The highest BCUT2D eigenvalue weighted by molar-refractivity contribution is 6.30. The van der Waals surface area contributed by atoms with E-state index in [4.69, 9.17) is 16.1 Å². The van der Waals surface area contributed by atoms with Crippen LogP contribution in [0, 0.1) is 5.92 Å². The van der Waals surface area contributed by atoms with Crippen molar-refractivity contribution in [2.45, 2.75) is 13.8 Å². The first-order chi connectivity index (χ1) is 10.1. The van der Waals surface area contributed by atoms with Gasteiger partial charge in [0.25, 0.3) is 5.71 Å². The van der Waals surface area contributed by atoms with Gasteiger partial charge in [-0.15, -0.1) is 0 Å². The van der Waals surface area contributed by atoms with Crippen LogP contribution in [0.4, 0.5) is 5.82 Å². The van der Waals surface area contributed by atoms with E-state index < -0.39 is 0 Å². The second-order valence-corrected chi connectivity index (χ2v) is 5.66. The van der Waals surface area contributed by atoms with Crippen LogP contribution in [0.3, 0.4) is 0 Å². The first kappa shape index (κ1) is 13.8. The van der Waals surface area contributed by atoms with Gasteiger partial charge in [-0.1, -0.05) is 42.7 Å². The van der Waals surface area contributed by atoms with E-state index in [2.05, 4.69) is 34.3 Å². The number of fused-ring (bicyclic) bond motifs is 1. The fraction of sp³-hybridized carbons (Fsp3) is 0.267. The highest BCUT2D eigenvalue weighted by atomic mass is 35.5. The maximum Gasteiger partial charge on any atom is 0.263 e. The second-order valence-electron chi connectivity index (χ2n) is 5.22. The smallest absolute Gasteiger partial charge is 0.263 e. The summed E-state index contributed by atoms with van der Waals surface area (Å²) in [6.45, 7) is 5.08. The zero-order valence-electron chi connectivity index (χ0n) is 11.8. The summed E-state index contributed by atoms with van der Waals surface area (Å²) in [6, 6.07) is 7.48. The Labute approximate surface area is 127 Å². The molecule has 0 aliphatic carbocycles. The van der Waals surface area contributed by atoms with Gasteiger partial charge in [0.1, 0.15) is 23.2 Å². The number of nitrogens with one attached hydrogen (secondary N) is 1. The van der Waals surface area contributed by atoms with Crippen LogP contribution in [0.2, 0.25) is 5.02 Å². The van der Waals surface area contributed by atoms with Crippen LogP contribution in [0.15, 0.2) is 35.1 Å². The maximum atomic E-state index is 6.05. The third kappa shape index (κ3) is 2.83. The molecule has 21 heavy (non-hydrogen) atoms. The Kier molecular flexibility index (Phi) is 3.75. The summed E-state index contributed by atoms with van der Waals surface area (Å²) in [4.78, 5) is 8.43. The van der Waals surface area contributed by atoms with Crippen molar-refractivity contribution in [2.75, 3.05) is 11.9 Å². The summed E-state index contributed by atoms with van der Waals surface area (Å²) in [7, 11) is 0. The topological polar surface area (TPSA) is 63.8 Å². The van der Waals surface area contributed by atoms with E-state index in [0.717, 1.165) is 23.3 Å². The fourth-order valence-corrected chi connectivity index (χ4v) is 2.24. The van der Waals surface area contributed by atoms with E-state index in [0.29, 0.717) is 22.3 Å². The molecule has 0 saturated carbocycles. The van der Waals surface area contributed by atoms with Gasteiger partial charge in [-0.25, -0.2) is 4.98 Å². The minimum atomic E-state index is 0.464. The number of halogens is 1. The molecule has 0 bridgehead atoms. The minimum absolute atomic E-state index is 0.464. The molecule has 3 rings (SSSR count). The summed E-state index contributed by atoms with van der Waals surface area (Å²) >= 11 is 6.05. The van der Waals surface area contributed by atoms with Gasteiger partial charge >= 0.3 is 0 Å². The summed E-state index contributed by atoms with van der Waals surface area (Å²) in [6.07, 6.45) is 1.47. The average molecular weight is 303 g/mol. The summed E-state index contributed by atoms with van der Waals surface area (Å²) < 4.78 is 5.31. The van der Waals surface area contributed by atoms with E-state index in [1.165, 1.54) is 6.33 Å². The highest BCUT2D eigenvalue weighted by Crippen LogP contribution is 2.32. The molecule has 0 radical (unpaired) electrons. The molecule has 0 saturated heterocycles. The average Bonchev–Trinajstić information content (AvgIpc) is 2.89. The molecule has 1 aromatic carbocycles. The van der Waals surface area contributed by atoms with E-state index in [-0.39, 0.29) is 0 Å². The fourth-order valence-electron chi connectivity index (χ4n) is 2.05. The van der Waals surface area contributed by atoms with Crippen LogP contribution in [0.1, 0.15) is 13.8 Å². The van der Waals surface area contributed by atoms with Crippen molar-refractivity contribution in [3.63, 3.8) is 0 Å². The Morgan fingerprint density at radius 2 is 2.14 bits per heavy atom. The molecular weight excluding hydrogens is 288 g/mol. The molecule has 0 aliphatic heterocycles. The molecule has 0 amide bonds. The van der Waals surface area contributed by atoms with Crippen LogP contribution < -0.4 is 5.32 Å². The predicted octanol–water partition coefficient (Wildman–Crippen LogP) is 4.01. The molecule has 2 heterocycles. The Hall–Kier alpha value is -2.14. The molecule has 108 valence electrons. The number of anilines is 1. The largest absolute Gasteiger partial charge is 0.369 e. The van der Waals surface area contributed by atoms with Crippen LogP contribution >= 0.6 is 11.6 Å². The van der Waals surface area contributed by atoms with Crippen molar-refractivity contribution in [1.29, 1.82) is 0 Å². The van der Waals surface area contributed by atoms with Crippen molar-refractivity contribution in [3.05, 3.63) is 35.6 Å². The minimum Gasteiger partial charge on any atom is -0.369 e. The van der Waals surface area contributed by atoms with Gasteiger partial charge in [0, 0.05) is 17.1 Å². The third-order valence-electron chi connectivity index (χ3n) is 3.05. The monoisotopic (exact) mass is 302 g/mol. The van der Waals surface area contributed by atoms with E-state index in [9.17, 15) is 0 Å². The van der Waals surface area contributed by atoms with Gasteiger partial charge in [-0.05, 0) is 18.1 Å². The summed E-state index contributed by atoms with van der Waals surface area (Å²) in [5.74, 6) is 1.23. The van der Waals surface area contributed by atoms with E-state index in [1.54, 1.807) is 0 Å². The highest BCUT2D eigenvalue weighted by Gasteiger charge is 2.16. The lowest BCUT2D eigenvalue weighted by atomic mass is 10.1. The van der Waals surface area contributed by atoms with E-state index >= 15 is 0 Å². The summed E-state index contributed by atoms with van der Waals surface area (Å²) in [5.41, 5.74) is 2.04. The Morgan fingerprint density at radius 3 is 2.90 bits per heavy atom. The summed E-state index contributed by atoms with van der Waals surface area (Å²) in [5, 5.41) is 8.86. The van der Waals surface area contributed by atoms with Crippen molar-refractivity contribution in [2.24, 2.45) is 5.92 Å². The molecule has 2 aromatic heterocycles. The van der Waals surface area contributed by atoms with Crippen molar-refractivity contribution >= 4 is 28.5 Å². The second kappa shape index (κ2) is 5.69. The van der Waals surface area contributed by atoms with Crippen LogP contribution in [-0.4, -0.2) is 21.7 Å². The SMILES string of the molecule is CC(C)CNc1ncnc2onc(-c3cccc(Cl)c3)c12. The standard InChI is InChI=1S/C15H15ClN4O/c1-9(2)7-17-14-12-13(10-4-3-5-11(16)6-10)20-21-15(12)19-8-18-14/h3-6,8-9H,7H2,1-2H3,(H,17,18,19). The lowest BCUT2D eigenvalue weighted by Crippen LogP contribution is -2.09. The zero-order valence-corrected chi connectivity index (χ0v) is 12.6. The Bertz CT molecular complexity index is 769. The van der Waals surface area contributed by atoms with Gasteiger partial charge in [-0.3, -0.25) is 0 Å². The Morgan fingerprint density at radius 1 is 1.29 bits per heavy atom. The van der Waals surface area contributed by atoms with Crippen molar-refractivity contribution in [1.82, 2.24) is 15.1 Å². The normalized spacial score (nSPS) is 11.2. The lowest BCUT2D eigenvalue weighted by molar-refractivity contribution is 0.451. The molecular formula is C15H15ClN4O. The molecule has 0 spiro atoms. The zero-order chi connectivity index (χ0) is 14.8. The molecule has 0 fully saturated rings. The van der Waals surface area contributed by atoms with Crippen LogP contribution in [0.5, 0.6) is 0 Å². The molecule has 0 atom stereocenters. The molecule has 0 unspecified atom stereocenters. The first-order valence-electron chi connectivity index (χ1n) is 6.75. The number of rotatable bonds is 4.